The number of halogens is 1. The topological polar surface area (TPSA) is 96.0 Å². The van der Waals surface area contributed by atoms with Gasteiger partial charge in [0.1, 0.15) is 18.3 Å². The molecule has 2 atom stereocenters. The van der Waals surface area contributed by atoms with Crippen molar-refractivity contribution >= 4 is 39.1 Å². The third-order valence-corrected chi connectivity index (χ3v) is 8.79. The summed E-state index contributed by atoms with van der Waals surface area (Å²) in [5, 5.41) is 3.40. The van der Waals surface area contributed by atoms with Crippen LogP contribution in [0.15, 0.2) is 83.8 Å². The zero-order chi connectivity index (χ0) is 29.3. The predicted molar refractivity (Wildman–Crippen MR) is 158 cm³/mol. The number of nitrogens with one attached hydrogen (secondary N) is 1. The summed E-state index contributed by atoms with van der Waals surface area (Å²) in [6.07, 6.45) is 1.04. The van der Waals surface area contributed by atoms with E-state index in [9.17, 15) is 18.0 Å². The molecule has 214 valence electrons. The van der Waals surface area contributed by atoms with Crippen LogP contribution in [0.1, 0.15) is 39.2 Å². The molecule has 3 aromatic carbocycles. The molecule has 0 aliphatic rings. The number of para-hydroxylation sites is 2. The number of carbonyl (C=O) groups excluding carboxylic acids is 2. The molecule has 8 nitrogen and oxygen atoms in total. The summed E-state index contributed by atoms with van der Waals surface area (Å²) in [7, 11) is -2.76. The summed E-state index contributed by atoms with van der Waals surface area (Å²) in [5.41, 5.74) is 0.846. The Labute approximate surface area is 241 Å². The zero-order valence-electron chi connectivity index (χ0n) is 23.2. The number of benzene rings is 3. The van der Waals surface area contributed by atoms with Gasteiger partial charge in [0.2, 0.25) is 11.8 Å². The average molecular weight is 586 g/mol. The predicted octanol–water partition coefficient (Wildman–Crippen LogP) is 5.27. The van der Waals surface area contributed by atoms with Crippen molar-refractivity contribution in [2.24, 2.45) is 0 Å². The number of nitrogens with zero attached hydrogens (tertiary/aromatic N) is 2. The van der Waals surface area contributed by atoms with Crippen LogP contribution < -0.4 is 14.4 Å². The molecule has 0 aliphatic carbocycles. The maximum absolute atomic E-state index is 14.1. The second-order valence-electron chi connectivity index (χ2n) is 9.35. The number of hydrogen-bond acceptors (Lipinski definition) is 5. The average Bonchev–Trinajstić information content (AvgIpc) is 2.96. The summed E-state index contributed by atoms with van der Waals surface area (Å²) in [4.78, 5) is 28.9. The molecule has 40 heavy (non-hydrogen) atoms. The van der Waals surface area contributed by atoms with Gasteiger partial charge in [0, 0.05) is 17.6 Å². The van der Waals surface area contributed by atoms with E-state index in [0.29, 0.717) is 17.0 Å². The van der Waals surface area contributed by atoms with Gasteiger partial charge in [-0.05, 0) is 55.7 Å². The minimum atomic E-state index is -4.19. The Bertz CT molecular complexity index is 1400. The summed E-state index contributed by atoms with van der Waals surface area (Å²) < 4.78 is 34.3. The molecule has 10 heteroatoms. The monoisotopic (exact) mass is 585 g/mol. The number of anilines is 1. The van der Waals surface area contributed by atoms with E-state index >= 15 is 0 Å². The Hall–Kier alpha value is -3.56. The summed E-state index contributed by atoms with van der Waals surface area (Å²) in [6, 6.07) is 20.6. The number of hydrogen-bond donors (Lipinski definition) is 1. The van der Waals surface area contributed by atoms with Crippen molar-refractivity contribution in [2.75, 3.05) is 18.0 Å². The number of methoxy groups -OCH3 is 1. The standard InChI is InChI=1S/C30H36ClN3O5S/c1-5-22(3)32-30(36)26(6-2)33(20-23-14-10-11-17-25(23)31)29(35)21-34(27-18-12-13-19-28(27)39-4)40(37,38)24-15-8-7-9-16-24/h7-19,22,26H,5-6,20-21H2,1-4H3,(H,32,36)/t22-,26+/m1/s1. The van der Waals surface area contributed by atoms with Crippen molar-refractivity contribution < 1.29 is 22.7 Å². The van der Waals surface area contributed by atoms with Gasteiger partial charge in [-0.1, -0.05) is 74.0 Å². The first-order chi connectivity index (χ1) is 19.1. The molecule has 0 aromatic heterocycles. The lowest BCUT2D eigenvalue weighted by Crippen LogP contribution is -2.53. The molecular weight excluding hydrogens is 550 g/mol. The Morgan fingerprint density at radius 3 is 2.17 bits per heavy atom. The highest BCUT2D eigenvalue weighted by Gasteiger charge is 2.35. The van der Waals surface area contributed by atoms with Gasteiger partial charge in [0.25, 0.3) is 10.0 Å². The van der Waals surface area contributed by atoms with E-state index < -0.39 is 28.5 Å². The Morgan fingerprint density at radius 2 is 1.55 bits per heavy atom. The molecule has 0 aliphatic heterocycles. The number of sulfonamides is 1. The lowest BCUT2D eigenvalue weighted by Gasteiger charge is -2.34. The first-order valence-corrected chi connectivity index (χ1v) is 15.0. The molecule has 2 amide bonds. The van der Waals surface area contributed by atoms with Gasteiger partial charge in [-0.25, -0.2) is 8.42 Å². The SMILES string of the molecule is CC[C@@H](C)NC(=O)[C@H](CC)N(Cc1ccccc1Cl)C(=O)CN(c1ccccc1OC)S(=O)(=O)c1ccccc1. The fraction of sp³-hybridized carbons (Fsp3) is 0.333. The van der Waals surface area contributed by atoms with E-state index in [1.807, 2.05) is 20.8 Å². The summed E-state index contributed by atoms with van der Waals surface area (Å²) >= 11 is 6.44. The third-order valence-electron chi connectivity index (χ3n) is 6.65. The van der Waals surface area contributed by atoms with Gasteiger partial charge in [-0.15, -0.1) is 0 Å². The van der Waals surface area contributed by atoms with Gasteiger partial charge < -0.3 is 15.0 Å². The second-order valence-corrected chi connectivity index (χ2v) is 11.6. The van der Waals surface area contributed by atoms with E-state index in [-0.39, 0.29) is 34.8 Å². The normalized spacial score (nSPS) is 12.7. The lowest BCUT2D eigenvalue weighted by atomic mass is 10.1. The van der Waals surface area contributed by atoms with Crippen molar-refractivity contribution in [3.05, 3.63) is 89.4 Å². The van der Waals surface area contributed by atoms with Gasteiger partial charge in [0.15, 0.2) is 0 Å². The van der Waals surface area contributed by atoms with Crippen LogP contribution in [0.25, 0.3) is 0 Å². The largest absolute Gasteiger partial charge is 0.495 e. The molecular formula is C30H36ClN3O5S. The summed E-state index contributed by atoms with van der Waals surface area (Å²) in [6.45, 7) is 5.12. The van der Waals surface area contributed by atoms with E-state index in [4.69, 9.17) is 16.3 Å². The molecule has 0 spiro atoms. The molecule has 0 bridgehead atoms. The van der Waals surface area contributed by atoms with E-state index in [2.05, 4.69) is 5.32 Å². The van der Waals surface area contributed by atoms with E-state index in [1.165, 1.54) is 24.1 Å². The van der Waals surface area contributed by atoms with Crippen LogP contribution >= 0.6 is 11.6 Å². The van der Waals surface area contributed by atoms with Crippen LogP contribution in [-0.2, 0) is 26.2 Å². The van der Waals surface area contributed by atoms with Crippen LogP contribution in [0.3, 0.4) is 0 Å². The smallest absolute Gasteiger partial charge is 0.264 e. The first-order valence-electron chi connectivity index (χ1n) is 13.2. The van der Waals surface area contributed by atoms with Crippen molar-refractivity contribution in [3.8, 4) is 5.75 Å². The fourth-order valence-electron chi connectivity index (χ4n) is 4.24. The maximum Gasteiger partial charge on any atom is 0.264 e. The van der Waals surface area contributed by atoms with E-state index in [1.54, 1.807) is 66.7 Å². The van der Waals surface area contributed by atoms with Gasteiger partial charge in [0.05, 0.1) is 17.7 Å². The highest BCUT2D eigenvalue weighted by atomic mass is 35.5. The molecule has 0 fully saturated rings. The minimum Gasteiger partial charge on any atom is -0.495 e. The molecule has 0 saturated carbocycles. The van der Waals surface area contributed by atoms with Crippen molar-refractivity contribution in [1.29, 1.82) is 0 Å². The Kier molecular flexibility index (Phi) is 11.0. The quantitative estimate of drug-likeness (QED) is 0.295. The highest BCUT2D eigenvalue weighted by Crippen LogP contribution is 2.32. The Morgan fingerprint density at radius 1 is 0.925 bits per heavy atom. The summed E-state index contributed by atoms with van der Waals surface area (Å²) in [5.74, 6) is -0.586. The van der Waals surface area contributed by atoms with Gasteiger partial charge >= 0.3 is 0 Å². The number of carbonyl (C=O) groups is 2. The molecule has 0 unspecified atom stereocenters. The molecule has 3 rings (SSSR count). The maximum atomic E-state index is 14.1. The highest BCUT2D eigenvalue weighted by molar-refractivity contribution is 7.92. The minimum absolute atomic E-state index is 0.0212. The first kappa shape index (κ1) is 31.0. The van der Waals surface area contributed by atoms with Gasteiger partial charge in [-0.3, -0.25) is 13.9 Å². The van der Waals surface area contributed by atoms with E-state index in [0.717, 1.165) is 10.7 Å². The number of rotatable bonds is 13. The van der Waals surface area contributed by atoms with Crippen LogP contribution in [-0.4, -0.2) is 50.9 Å². The molecule has 0 radical (unpaired) electrons. The molecule has 1 N–H and O–H groups in total. The van der Waals surface area contributed by atoms with Gasteiger partial charge in [-0.2, -0.15) is 0 Å². The van der Waals surface area contributed by atoms with Crippen LogP contribution in [0.4, 0.5) is 5.69 Å². The number of ether oxygens (including phenoxy) is 1. The van der Waals surface area contributed by atoms with Crippen LogP contribution in [0.5, 0.6) is 5.75 Å². The van der Waals surface area contributed by atoms with Crippen LogP contribution in [0, 0.1) is 0 Å². The fourth-order valence-corrected chi connectivity index (χ4v) is 5.88. The van der Waals surface area contributed by atoms with Crippen molar-refractivity contribution in [1.82, 2.24) is 10.2 Å². The number of amides is 2. The van der Waals surface area contributed by atoms with Crippen molar-refractivity contribution in [3.63, 3.8) is 0 Å². The lowest BCUT2D eigenvalue weighted by molar-refractivity contribution is -0.140. The molecule has 3 aromatic rings. The molecule has 0 heterocycles. The second kappa shape index (κ2) is 14.2. The third kappa shape index (κ3) is 7.34. The van der Waals surface area contributed by atoms with Crippen LogP contribution in [0.2, 0.25) is 5.02 Å². The Balaban J connectivity index is 2.10. The van der Waals surface area contributed by atoms with Crippen molar-refractivity contribution in [2.45, 2.75) is 57.1 Å². The molecule has 0 saturated heterocycles. The zero-order valence-corrected chi connectivity index (χ0v) is 24.8.